The molecule has 0 fully saturated rings. The minimum absolute atomic E-state index is 0.0214. The van der Waals surface area contributed by atoms with E-state index in [0.29, 0.717) is 16.1 Å². The molecule has 28 heavy (non-hydrogen) atoms. The van der Waals surface area contributed by atoms with Gasteiger partial charge in [0.05, 0.1) is 23.0 Å². The van der Waals surface area contributed by atoms with Crippen molar-refractivity contribution in [3.63, 3.8) is 0 Å². The SMILES string of the molecule is CCOC(=O)c1c(NC(=O)C(C)c2ccc([N+](=O)[O-])cc2)sc2c1CCCC2. The lowest BCUT2D eigenvalue weighted by atomic mass is 9.95. The molecule has 8 heteroatoms. The fourth-order valence-electron chi connectivity index (χ4n) is 3.33. The Hall–Kier alpha value is -2.74. The van der Waals surface area contributed by atoms with Crippen molar-refractivity contribution in [1.29, 1.82) is 0 Å². The van der Waals surface area contributed by atoms with Gasteiger partial charge in [-0.05, 0) is 50.7 Å². The summed E-state index contributed by atoms with van der Waals surface area (Å²) in [6, 6.07) is 5.92. The molecule has 1 N–H and O–H groups in total. The van der Waals surface area contributed by atoms with Gasteiger partial charge in [-0.3, -0.25) is 14.9 Å². The van der Waals surface area contributed by atoms with Gasteiger partial charge in [-0.25, -0.2) is 4.79 Å². The lowest BCUT2D eigenvalue weighted by Gasteiger charge is -2.14. The van der Waals surface area contributed by atoms with Crippen molar-refractivity contribution >= 4 is 33.9 Å². The Labute approximate surface area is 166 Å². The van der Waals surface area contributed by atoms with Crippen molar-refractivity contribution in [2.24, 2.45) is 0 Å². The number of amides is 1. The monoisotopic (exact) mass is 402 g/mol. The zero-order chi connectivity index (χ0) is 20.3. The van der Waals surface area contributed by atoms with Crippen molar-refractivity contribution in [1.82, 2.24) is 0 Å². The molecule has 1 amide bonds. The Morgan fingerprint density at radius 2 is 1.93 bits per heavy atom. The number of non-ortho nitro benzene ring substituents is 1. The number of hydrogen-bond acceptors (Lipinski definition) is 6. The molecule has 1 unspecified atom stereocenters. The lowest BCUT2D eigenvalue weighted by molar-refractivity contribution is -0.384. The summed E-state index contributed by atoms with van der Waals surface area (Å²) in [5, 5.41) is 14.2. The van der Waals surface area contributed by atoms with E-state index in [4.69, 9.17) is 4.74 Å². The summed E-state index contributed by atoms with van der Waals surface area (Å²) in [6.07, 6.45) is 3.80. The van der Waals surface area contributed by atoms with Crippen molar-refractivity contribution in [3.05, 3.63) is 55.9 Å². The van der Waals surface area contributed by atoms with Crippen LogP contribution in [0.4, 0.5) is 10.7 Å². The highest BCUT2D eigenvalue weighted by molar-refractivity contribution is 7.17. The highest BCUT2D eigenvalue weighted by Crippen LogP contribution is 2.39. The number of fused-ring (bicyclic) bond motifs is 1. The molecule has 0 bridgehead atoms. The average Bonchev–Trinajstić information content (AvgIpc) is 3.05. The van der Waals surface area contributed by atoms with Crippen LogP contribution in [0, 0.1) is 10.1 Å². The second-order valence-electron chi connectivity index (χ2n) is 6.70. The highest BCUT2D eigenvalue weighted by Gasteiger charge is 2.28. The number of benzene rings is 1. The molecule has 1 aromatic carbocycles. The van der Waals surface area contributed by atoms with Crippen molar-refractivity contribution in [2.45, 2.75) is 45.4 Å². The molecule has 1 heterocycles. The van der Waals surface area contributed by atoms with Gasteiger partial charge < -0.3 is 10.1 Å². The maximum Gasteiger partial charge on any atom is 0.341 e. The first-order chi connectivity index (χ1) is 13.4. The van der Waals surface area contributed by atoms with E-state index in [9.17, 15) is 19.7 Å². The minimum Gasteiger partial charge on any atom is -0.462 e. The van der Waals surface area contributed by atoms with Gasteiger partial charge in [0.25, 0.3) is 5.69 Å². The third-order valence-corrected chi connectivity index (χ3v) is 6.09. The quantitative estimate of drug-likeness (QED) is 0.437. The molecule has 0 spiro atoms. The van der Waals surface area contributed by atoms with Crippen LogP contribution >= 0.6 is 11.3 Å². The van der Waals surface area contributed by atoms with Crippen LogP contribution in [0.2, 0.25) is 0 Å². The first kappa shape index (κ1) is 20.0. The van der Waals surface area contributed by atoms with E-state index >= 15 is 0 Å². The Morgan fingerprint density at radius 1 is 1.25 bits per heavy atom. The largest absolute Gasteiger partial charge is 0.462 e. The number of nitro benzene ring substituents is 1. The molecule has 1 atom stereocenters. The molecular weight excluding hydrogens is 380 g/mol. The van der Waals surface area contributed by atoms with Crippen molar-refractivity contribution in [3.8, 4) is 0 Å². The zero-order valence-corrected chi connectivity index (χ0v) is 16.6. The van der Waals surface area contributed by atoms with Gasteiger partial charge in [0.1, 0.15) is 5.00 Å². The number of anilines is 1. The van der Waals surface area contributed by atoms with Crippen LogP contribution in [0.15, 0.2) is 24.3 Å². The smallest absolute Gasteiger partial charge is 0.341 e. The fourth-order valence-corrected chi connectivity index (χ4v) is 4.61. The van der Waals surface area contributed by atoms with Crippen LogP contribution in [0.25, 0.3) is 0 Å². The second kappa shape index (κ2) is 8.52. The number of ether oxygens (including phenoxy) is 1. The topological polar surface area (TPSA) is 98.5 Å². The number of carbonyl (C=O) groups excluding carboxylic acids is 2. The van der Waals surface area contributed by atoms with Crippen LogP contribution in [-0.2, 0) is 22.4 Å². The summed E-state index contributed by atoms with van der Waals surface area (Å²) in [4.78, 5) is 36.7. The normalized spacial score (nSPS) is 14.1. The number of nitrogens with one attached hydrogen (secondary N) is 1. The van der Waals surface area contributed by atoms with E-state index in [1.54, 1.807) is 26.0 Å². The summed E-state index contributed by atoms with van der Waals surface area (Å²) in [5.41, 5.74) is 2.12. The van der Waals surface area contributed by atoms with Gasteiger partial charge in [-0.2, -0.15) is 0 Å². The van der Waals surface area contributed by atoms with Gasteiger partial charge in [-0.15, -0.1) is 11.3 Å². The molecule has 0 saturated carbocycles. The number of hydrogen-bond donors (Lipinski definition) is 1. The summed E-state index contributed by atoms with van der Waals surface area (Å²) >= 11 is 1.44. The predicted molar refractivity (Wildman–Crippen MR) is 107 cm³/mol. The van der Waals surface area contributed by atoms with E-state index in [1.807, 2.05) is 0 Å². The Kier molecular flexibility index (Phi) is 6.08. The summed E-state index contributed by atoms with van der Waals surface area (Å²) in [5.74, 6) is -1.19. The van der Waals surface area contributed by atoms with E-state index in [0.717, 1.165) is 36.1 Å². The van der Waals surface area contributed by atoms with Crippen LogP contribution in [-0.4, -0.2) is 23.4 Å². The summed E-state index contributed by atoms with van der Waals surface area (Å²) < 4.78 is 5.21. The number of nitrogens with zero attached hydrogens (tertiary/aromatic N) is 1. The molecule has 3 rings (SSSR count). The molecule has 0 aliphatic heterocycles. The number of aryl methyl sites for hydroxylation is 1. The standard InChI is InChI=1S/C20H22N2O5S/c1-3-27-20(24)17-15-6-4-5-7-16(15)28-19(17)21-18(23)12(2)13-8-10-14(11-9-13)22(25)26/h8-12H,3-7H2,1-2H3,(H,21,23). The molecule has 1 aliphatic rings. The average molecular weight is 402 g/mol. The van der Waals surface area contributed by atoms with E-state index in [2.05, 4.69) is 5.32 Å². The summed E-state index contributed by atoms with van der Waals surface area (Å²) in [7, 11) is 0. The van der Waals surface area contributed by atoms with E-state index < -0.39 is 16.8 Å². The van der Waals surface area contributed by atoms with Crippen LogP contribution in [0.3, 0.4) is 0 Å². The highest BCUT2D eigenvalue weighted by atomic mass is 32.1. The zero-order valence-electron chi connectivity index (χ0n) is 15.8. The number of esters is 1. The molecule has 0 saturated heterocycles. The lowest BCUT2D eigenvalue weighted by Crippen LogP contribution is -2.20. The van der Waals surface area contributed by atoms with E-state index in [-0.39, 0.29) is 18.2 Å². The number of nitro groups is 1. The molecular formula is C20H22N2O5S. The Balaban J connectivity index is 1.84. The molecule has 1 aromatic heterocycles. The molecule has 7 nitrogen and oxygen atoms in total. The third-order valence-electron chi connectivity index (χ3n) is 4.88. The molecule has 1 aliphatic carbocycles. The Bertz CT molecular complexity index is 904. The molecule has 0 radical (unpaired) electrons. The number of carbonyl (C=O) groups is 2. The number of rotatable bonds is 6. The van der Waals surface area contributed by atoms with E-state index in [1.165, 1.54) is 23.5 Å². The first-order valence-electron chi connectivity index (χ1n) is 9.29. The van der Waals surface area contributed by atoms with Gasteiger partial charge in [0.15, 0.2) is 0 Å². The maximum atomic E-state index is 12.8. The van der Waals surface area contributed by atoms with Crippen molar-refractivity contribution in [2.75, 3.05) is 11.9 Å². The van der Waals surface area contributed by atoms with Gasteiger partial charge in [0.2, 0.25) is 5.91 Å². The first-order valence-corrected chi connectivity index (χ1v) is 10.1. The molecule has 2 aromatic rings. The second-order valence-corrected chi connectivity index (χ2v) is 7.80. The maximum absolute atomic E-state index is 12.8. The predicted octanol–water partition coefficient (Wildman–Crippen LogP) is 4.45. The summed E-state index contributed by atoms with van der Waals surface area (Å²) in [6.45, 7) is 3.76. The van der Waals surface area contributed by atoms with Crippen LogP contribution < -0.4 is 5.32 Å². The van der Waals surface area contributed by atoms with Crippen molar-refractivity contribution < 1.29 is 19.2 Å². The van der Waals surface area contributed by atoms with Crippen LogP contribution in [0.5, 0.6) is 0 Å². The third kappa shape index (κ3) is 4.06. The molecule has 148 valence electrons. The van der Waals surface area contributed by atoms with Crippen LogP contribution in [0.1, 0.15) is 59.0 Å². The minimum atomic E-state index is -0.519. The van der Waals surface area contributed by atoms with Gasteiger partial charge in [0, 0.05) is 17.0 Å². The van der Waals surface area contributed by atoms with Gasteiger partial charge in [-0.1, -0.05) is 12.1 Å². The Morgan fingerprint density at radius 3 is 2.57 bits per heavy atom. The fraction of sp³-hybridized carbons (Fsp3) is 0.400. The number of thiophene rings is 1. The van der Waals surface area contributed by atoms with Gasteiger partial charge >= 0.3 is 5.97 Å².